The summed E-state index contributed by atoms with van der Waals surface area (Å²) in [5.41, 5.74) is 0. The topological polar surface area (TPSA) is 43.2 Å². The van der Waals surface area contributed by atoms with Gasteiger partial charge in [0.25, 0.3) is 0 Å². The van der Waals surface area contributed by atoms with Crippen LogP contribution in [0.15, 0.2) is 0 Å². The van der Waals surface area contributed by atoms with E-state index in [0.29, 0.717) is 12.3 Å². The summed E-state index contributed by atoms with van der Waals surface area (Å²) in [6.07, 6.45) is 6.35. The van der Waals surface area contributed by atoms with Crippen LogP contribution in [0, 0.1) is 5.92 Å². The summed E-state index contributed by atoms with van der Waals surface area (Å²) >= 11 is 0. The molecule has 3 nitrogen and oxygen atoms in total. The number of amides is 1. The predicted molar refractivity (Wildman–Crippen MR) is 69.7 cm³/mol. The van der Waals surface area contributed by atoms with Crippen LogP contribution in [0.4, 0.5) is 0 Å². The zero-order chi connectivity index (χ0) is 12.2. The minimum absolute atomic E-state index is 0. The number of carbonyl (C=O) groups excluding carboxylic acids is 1. The third kappa shape index (κ3) is 16.0. The van der Waals surface area contributed by atoms with Crippen LogP contribution in [0.2, 0.25) is 0 Å². The van der Waals surface area contributed by atoms with Gasteiger partial charge in [-0.3, -0.25) is 4.79 Å². The number of hydrogen-bond donors (Lipinski definition) is 1. The van der Waals surface area contributed by atoms with Gasteiger partial charge in [0.1, 0.15) is 0 Å². The summed E-state index contributed by atoms with van der Waals surface area (Å²) in [6, 6.07) is 0. The maximum atomic E-state index is 11.4. The molecular weight excluding hydrogens is 251 g/mol. The van der Waals surface area contributed by atoms with Gasteiger partial charge in [0.2, 0.25) is 5.91 Å². The van der Waals surface area contributed by atoms with Gasteiger partial charge in [-0.2, -0.15) is 7.05 Å². The Morgan fingerprint density at radius 3 is 2.41 bits per heavy atom. The molecule has 0 aliphatic heterocycles. The Balaban J connectivity index is 0. The minimum Gasteiger partial charge on any atom is -0.665 e. The van der Waals surface area contributed by atoms with Crippen LogP contribution in [-0.4, -0.2) is 26.0 Å². The summed E-state index contributed by atoms with van der Waals surface area (Å²) in [5.74, 6) is 0.820. The molecule has 0 aliphatic carbocycles. The molecule has 0 bridgehead atoms. The van der Waals surface area contributed by atoms with Crippen molar-refractivity contribution in [1.29, 1.82) is 0 Å². The second kappa shape index (κ2) is 14.1. The summed E-state index contributed by atoms with van der Waals surface area (Å²) in [5, 5.41) is 7.02. The third-order valence-electron chi connectivity index (χ3n) is 2.58. The second-order valence-electron chi connectivity index (χ2n) is 4.74. The van der Waals surface area contributed by atoms with E-state index in [0.717, 1.165) is 25.9 Å². The molecular formula is C13H27N2OV-. The molecule has 1 amide bonds. The van der Waals surface area contributed by atoms with Crippen LogP contribution in [0.1, 0.15) is 52.4 Å². The fraction of sp³-hybridized carbons (Fsp3) is 0.923. The van der Waals surface area contributed by atoms with Crippen molar-refractivity contribution in [3.63, 3.8) is 0 Å². The number of unbranched alkanes of at least 4 members (excludes halogenated alkanes) is 3. The van der Waals surface area contributed by atoms with Crippen LogP contribution in [0.3, 0.4) is 0 Å². The molecule has 0 saturated heterocycles. The van der Waals surface area contributed by atoms with E-state index < -0.39 is 0 Å². The van der Waals surface area contributed by atoms with Crippen molar-refractivity contribution < 1.29 is 23.4 Å². The molecule has 17 heavy (non-hydrogen) atoms. The standard InChI is InChI=1S/C13H27N2O.V/c1-12(2)8-9-13(16)15-11-7-5-4-6-10-14-3;/h12H,4-11H2,1-3H3,(H,15,16);/q-1;. The molecule has 0 rings (SSSR count). The Bertz CT molecular complexity index is 175. The van der Waals surface area contributed by atoms with E-state index >= 15 is 0 Å². The molecule has 4 heteroatoms. The van der Waals surface area contributed by atoms with Gasteiger partial charge in [-0.05, 0) is 18.8 Å². The minimum atomic E-state index is 0. The fourth-order valence-electron chi connectivity index (χ4n) is 1.48. The number of nitrogens with one attached hydrogen (secondary N) is 1. The third-order valence-corrected chi connectivity index (χ3v) is 2.58. The van der Waals surface area contributed by atoms with Crippen molar-refractivity contribution in [1.82, 2.24) is 5.32 Å². The monoisotopic (exact) mass is 278 g/mol. The first-order valence-corrected chi connectivity index (χ1v) is 6.49. The first kappa shape index (κ1) is 19.4. The van der Waals surface area contributed by atoms with E-state index in [-0.39, 0.29) is 24.5 Å². The Labute approximate surface area is 118 Å². The van der Waals surface area contributed by atoms with E-state index in [1.54, 1.807) is 0 Å². The van der Waals surface area contributed by atoms with E-state index in [1.165, 1.54) is 19.3 Å². The Morgan fingerprint density at radius 2 is 1.82 bits per heavy atom. The normalized spacial score (nSPS) is 10.1. The average Bonchev–Trinajstić information content (AvgIpc) is 2.25. The summed E-state index contributed by atoms with van der Waals surface area (Å²) in [7, 11) is 1.86. The second-order valence-corrected chi connectivity index (χ2v) is 4.74. The van der Waals surface area contributed by atoms with E-state index in [2.05, 4.69) is 24.5 Å². The van der Waals surface area contributed by atoms with Gasteiger partial charge in [0, 0.05) is 31.5 Å². The summed E-state index contributed by atoms with van der Waals surface area (Å²) in [4.78, 5) is 11.4. The molecule has 0 heterocycles. The van der Waals surface area contributed by atoms with Crippen LogP contribution in [0.25, 0.3) is 5.32 Å². The number of carbonyl (C=O) groups is 1. The molecule has 1 N–H and O–H groups in total. The van der Waals surface area contributed by atoms with Crippen molar-refractivity contribution in [3.8, 4) is 0 Å². The van der Waals surface area contributed by atoms with Gasteiger partial charge in [-0.15, -0.1) is 6.54 Å². The SMILES string of the molecule is C[N-]CCCCCCNC(=O)CCC(C)C.[V]. The number of rotatable bonds is 10. The van der Waals surface area contributed by atoms with Crippen molar-refractivity contribution in [2.24, 2.45) is 5.92 Å². The van der Waals surface area contributed by atoms with E-state index in [4.69, 9.17) is 0 Å². The molecule has 0 saturated carbocycles. The van der Waals surface area contributed by atoms with Gasteiger partial charge < -0.3 is 10.6 Å². The molecule has 0 aromatic rings. The zero-order valence-corrected chi connectivity index (χ0v) is 12.9. The van der Waals surface area contributed by atoms with Crippen molar-refractivity contribution in [2.75, 3.05) is 20.1 Å². The maximum Gasteiger partial charge on any atom is 0.220 e. The van der Waals surface area contributed by atoms with Gasteiger partial charge >= 0.3 is 0 Å². The first-order valence-electron chi connectivity index (χ1n) is 6.49. The number of hydrogen-bond acceptors (Lipinski definition) is 1. The van der Waals surface area contributed by atoms with Crippen LogP contribution in [-0.2, 0) is 23.4 Å². The van der Waals surface area contributed by atoms with Crippen molar-refractivity contribution >= 4 is 5.91 Å². The van der Waals surface area contributed by atoms with E-state index in [1.807, 2.05) is 7.05 Å². The molecule has 101 valence electrons. The molecule has 0 unspecified atom stereocenters. The Morgan fingerprint density at radius 1 is 1.18 bits per heavy atom. The molecule has 0 fully saturated rings. The van der Waals surface area contributed by atoms with Crippen LogP contribution in [0.5, 0.6) is 0 Å². The first-order chi connectivity index (χ1) is 7.66. The van der Waals surface area contributed by atoms with Crippen molar-refractivity contribution in [2.45, 2.75) is 52.4 Å². The van der Waals surface area contributed by atoms with Gasteiger partial charge in [0.05, 0.1) is 0 Å². The fourth-order valence-corrected chi connectivity index (χ4v) is 1.48. The Kier molecular flexibility index (Phi) is 16.0. The molecule has 0 aliphatic rings. The van der Waals surface area contributed by atoms with Gasteiger partial charge in [-0.1, -0.05) is 33.1 Å². The molecule has 0 spiro atoms. The smallest absolute Gasteiger partial charge is 0.220 e. The molecule has 0 aromatic heterocycles. The number of nitrogens with zero attached hydrogens (tertiary/aromatic N) is 1. The molecule has 1 radical (unpaired) electrons. The molecule has 0 aromatic carbocycles. The van der Waals surface area contributed by atoms with E-state index in [9.17, 15) is 4.79 Å². The van der Waals surface area contributed by atoms with Crippen LogP contribution < -0.4 is 5.32 Å². The predicted octanol–water partition coefficient (Wildman–Crippen LogP) is 3.10. The van der Waals surface area contributed by atoms with Gasteiger partial charge in [0.15, 0.2) is 0 Å². The maximum absolute atomic E-state index is 11.4. The largest absolute Gasteiger partial charge is 0.665 e. The molecule has 0 atom stereocenters. The Hall–Kier alpha value is 0.0144. The van der Waals surface area contributed by atoms with Gasteiger partial charge in [-0.25, -0.2) is 0 Å². The average molecular weight is 278 g/mol. The van der Waals surface area contributed by atoms with Crippen LogP contribution >= 0.6 is 0 Å². The van der Waals surface area contributed by atoms with Crippen molar-refractivity contribution in [3.05, 3.63) is 5.32 Å². The summed E-state index contributed by atoms with van der Waals surface area (Å²) in [6.45, 7) is 6.10. The zero-order valence-electron chi connectivity index (χ0n) is 11.5. The quantitative estimate of drug-likeness (QED) is 0.613. The summed E-state index contributed by atoms with van der Waals surface area (Å²) < 4.78 is 0.